The Morgan fingerprint density at radius 1 is 1.15 bits per heavy atom. The zero-order chi connectivity index (χ0) is 14.5. The van der Waals surface area contributed by atoms with Crippen molar-refractivity contribution in [3.63, 3.8) is 0 Å². The summed E-state index contributed by atoms with van der Waals surface area (Å²) in [6.07, 6.45) is 0.817. The van der Waals surface area contributed by atoms with Gasteiger partial charge in [-0.1, -0.05) is 24.3 Å². The second-order valence-corrected chi connectivity index (χ2v) is 4.23. The Morgan fingerprint density at radius 2 is 1.90 bits per heavy atom. The lowest BCUT2D eigenvalue weighted by atomic mass is 9.98. The van der Waals surface area contributed by atoms with Crippen molar-refractivity contribution in [2.24, 2.45) is 0 Å². The van der Waals surface area contributed by atoms with E-state index in [-0.39, 0.29) is 0 Å². The Bertz CT molecular complexity index is 623. The Balaban J connectivity index is 2.60. The number of carbonyl (C=O) groups excluding carboxylic acids is 1. The number of aldehydes is 1. The molecule has 0 amide bonds. The highest BCUT2D eigenvalue weighted by Crippen LogP contribution is 2.38. The molecule has 0 aliphatic carbocycles. The highest BCUT2D eigenvalue weighted by molar-refractivity contribution is 5.92. The minimum Gasteiger partial charge on any atom is -0.493 e. The lowest BCUT2D eigenvalue weighted by molar-refractivity contribution is 0.112. The van der Waals surface area contributed by atoms with Crippen molar-refractivity contribution in [2.45, 2.75) is 6.92 Å². The van der Waals surface area contributed by atoms with Gasteiger partial charge in [0.1, 0.15) is 0 Å². The van der Waals surface area contributed by atoms with Gasteiger partial charge in [-0.05, 0) is 18.6 Å². The van der Waals surface area contributed by atoms with Gasteiger partial charge in [-0.2, -0.15) is 0 Å². The molecular formula is C16H17NO3. The van der Waals surface area contributed by atoms with Gasteiger partial charge >= 0.3 is 0 Å². The fourth-order valence-electron chi connectivity index (χ4n) is 2.08. The van der Waals surface area contributed by atoms with E-state index < -0.39 is 0 Å². The molecule has 0 unspecified atom stereocenters. The predicted molar refractivity (Wildman–Crippen MR) is 79.4 cm³/mol. The van der Waals surface area contributed by atoms with E-state index in [9.17, 15) is 4.79 Å². The normalized spacial score (nSPS) is 10.1. The minimum atomic E-state index is 0.528. The molecular weight excluding hydrogens is 254 g/mol. The van der Waals surface area contributed by atoms with Gasteiger partial charge in [0.2, 0.25) is 0 Å². The van der Waals surface area contributed by atoms with Crippen molar-refractivity contribution >= 4 is 12.0 Å². The van der Waals surface area contributed by atoms with Gasteiger partial charge in [0, 0.05) is 22.9 Å². The smallest absolute Gasteiger partial charge is 0.163 e. The van der Waals surface area contributed by atoms with E-state index in [4.69, 9.17) is 15.2 Å². The molecule has 0 atom stereocenters. The summed E-state index contributed by atoms with van der Waals surface area (Å²) in [4.78, 5) is 11.1. The van der Waals surface area contributed by atoms with Gasteiger partial charge in [0.15, 0.2) is 17.8 Å². The van der Waals surface area contributed by atoms with E-state index in [1.54, 1.807) is 25.3 Å². The van der Waals surface area contributed by atoms with Crippen molar-refractivity contribution < 1.29 is 14.3 Å². The third-order valence-electron chi connectivity index (χ3n) is 3.01. The van der Waals surface area contributed by atoms with Crippen LogP contribution >= 0.6 is 0 Å². The van der Waals surface area contributed by atoms with Crippen LogP contribution in [0.15, 0.2) is 36.4 Å². The summed E-state index contributed by atoms with van der Waals surface area (Å²) in [6.45, 7) is 2.42. The van der Waals surface area contributed by atoms with Crippen molar-refractivity contribution in [3.05, 3.63) is 42.0 Å². The van der Waals surface area contributed by atoms with E-state index in [0.717, 1.165) is 17.4 Å². The monoisotopic (exact) mass is 271 g/mol. The van der Waals surface area contributed by atoms with E-state index in [0.29, 0.717) is 29.4 Å². The Labute approximate surface area is 118 Å². The number of ether oxygens (including phenoxy) is 2. The molecule has 0 radical (unpaired) electrons. The first kappa shape index (κ1) is 13.9. The van der Waals surface area contributed by atoms with Crippen molar-refractivity contribution in [1.82, 2.24) is 0 Å². The molecule has 2 rings (SSSR count). The number of methoxy groups -OCH3 is 1. The zero-order valence-corrected chi connectivity index (χ0v) is 11.6. The number of nitrogen functional groups attached to an aromatic ring is 1. The average Bonchev–Trinajstić information content (AvgIpc) is 2.48. The van der Waals surface area contributed by atoms with Crippen LogP contribution in [-0.4, -0.2) is 20.0 Å². The summed E-state index contributed by atoms with van der Waals surface area (Å²) in [5, 5.41) is 0. The fraction of sp³-hybridized carbons (Fsp3) is 0.188. The molecule has 0 saturated carbocycles. The van der Waals surface area contributed by atoms with Crippen LogP contribution < -0.4 is 15.2 Å². The molecule has 2 aromatic carbocycles. The highest BCUT2D eigenvalue weighted by Gasteiger charge is 2.13. The molecule has 4 heteroatoms. The standard InChI is InChI=1S/C16H17NO3/c1-3-20-16-9-14(17)13(8-15(16)19-2)12-7-5-4-6-11(12)10-18/h4-10H,3,17H2,1-2H3. The molecule has 0 heterocycles. The maximum Gasteiger partial charge on any atom is 0.163 e. The summed E-state index contributed by atoms with van der Waals surface area (Å²) in [6, 6.07) is 10.8. The van der Waals surface area contributed by atoms with Crippen LogP contribution in [0.2, 0.25) is 0 Å². The number of nitrogens with two attached hydrogens (primary N) is 1. The Kier molecular flexibility index (Phi) is 4.25. The highest BCUT2D eigenvalue weighted by atomic mass is 16.5. The molecule has 4 nitrogen and oxygen atoms in total. The molecule has 0 aliphatic heterocycles. The minimum absolute atomic E-state index is 0.528. The molecule has 0 aromatic heterocycles. The number of hydrogen-bond acceptors (Lipinski definition) is 4. The number of anilines is 1. The first-order valence-corrected chi connectivity index (χ1v) is 6.36. The number of rotatable bonds is 5. The number of carbonyl (C=O) groups is 1. The predicted octanol–water partition coefficient (Wildman–Crippen LogP) is 3.16. The van der Waals surface area contributed by atoms with E-state index in [1.807, 2.05) is 25.1 Å². The van der Waals surface area contributed by atoms with Crippen LogP contribution in [0.4, 0.5) is 5.69 Å². The molecule has 20 heavy (non-hydrogen) atoms. The van der Waals surface area contributed by atoms with E-state index in [2.05, 4.69) is 0 Å². The van der Waals surface area contributed by atoms with Crippen LogP contribution in [-0.2, 0) is 0 Å². The van der Waals surface area contributed by atoms with E-state index in [1.165, 1.54) is 0 Å². The molecule has 104 valence electrons. The molecule has 2 N–H and O–H groups in total. The second kappa shape index (κ2) is 6.10. The molecule has 0 saturated heterocycles. The first-order chi connectivity index (χ1) is 9.71. The van der Waals surface area contributed by atoms with Crippen molar-refractivity contribution in [2.75, 3.05) is 19.5 Å². The van der Waals surface area contributed by atoms with Gasteiger partial charge in [-0.15, -0.1) is 0 Å². The quantitative estimate of drug-likeness (QED) is 0.670. The summed E-state index contributed by atoms with van der Waals surface area (Å²) < 4.78 is 10.8. The lowest BCUT2D eigenvalue weighted by Gasteiger charge is -2.14. The van der Waals surface area contributed by atoms with Crippen LogP contribution in [0.1, 0.15) is 17.3 Å². The maximum atomic E-state index is 11.1. The van der Waals surface area contributed by atoms with Gasteiger partial charge in [-0.3, -0.25) is 4.79 Å². The topological polar surface area (TPSA) is 61.5 Å². The molecule has 0 spiro atoms. The Morgan fingerprint density at radius 3 is 2.55 bits per heavy atom. The van der Waals surface area contributed by atoms with Gasteiger partial charge in [0.05, 0.1) is 13.7 Å². The maximum absolute atomic E-state index is 11.1. The van der Waals surface area contributed by atoms with Crippen LogP contribution in [0.25, 0.3) is 11.1 Å². The van der Waals surface area contributed by atoms with Crippen LogP contribution in [0.5, 0.6) is 11.5 Å². The SMILES string of the molecule is CCOc1cc(N)c(-c2ccccc2C=O)cc1OC. The van der Waals surface area contributed by atoms with Crippen molar-refractivity contribution in [3.8, 4) is 22.6 Å². The van der Waals surface area contributed by atoms with Crippen LogP contribution in [0.3, 0.4) is 0 Å². The number of benzene rings is 2. The average molecular weight is 271 g/mol. The molecule has 0 bridgehead atoms. The largest absolute Gasteiger partial charge is 0.493 e. The zero-order valence-electron chi connectivity index (χ0n) is 11.6. The van der Waals surface area contributed by atoms with Crippen molar-refractivity contribution in [1.29, 1.82) is 0 Å². The second-order valence-electron chi connectivity index (χ2n) is 4.23. The Hall–Kier alpha value is -2.49. The number of hydrogen-bond donors (Lipinski definition) is 1. The van der Waals surface area contributed by atoms with Crippen LogP contribution in [0, 0.1) is 0 Å². The van der Waals surface area contributed by atoms with Gasteiger partial charge in [0.25, 0.3) is 0 Å². The van der Waals surface area contributed by atoms with Gasteiger partial charge in [-0.25, -0.2) is 0 Å². The van der Waals surface area contributed by atoms with E-state index >= 15 is 0 Å². The summed E-state index contributed by atoms with van der Waals surface area (Å²) in [5.41, 5.74) is 8.75. The summed E-state index contributed by atoms with van der Waals surface area (Å²) in [7, 11) is 1.57. The third kappa shape index (κ3) is 2.59. The summed E-state index contributed by atoms with van der Waals surface area (Å²) in [5.74, 6) is 1.19. The first-order valence-electron chi connectivity index (χ1n) is 6.36. The van der Waals surface area contributed by atoms with Gasteiger partial charge < -0.3 is 15.2 Å². The lowest BCUT2D eigenvalue weighted by Crippen LogP contribution is -1.99. The molecule has 2 aromatic rings. The molecule has 0 aliphatic rings. The molecule has 0 fully saturated rings. The third-order valence-corrected chi connectivity index (χ3v) is 3.01. The summed E-state index contributed by atoms with van der Waals surface area (Å²) >= 11 is 0. The fourth-order valence-corrected chi connectivity index (χ4v) is 2.08.